The third-order valence-electron chi connectivity index (χ3n) is 12.5. The molecule has 6 aliphatic rings. The topological polar surface area (TPSA) is 163 Å². The van der Waals surface area contributed by atoms with Crippen molar-refractivity contribution in [2.45, 2.75) is 127 Å². The molecule has 10 heteroatoms. The van der Waals surface area contributed by atoms with Gasteiger partial charge in [0.1, 0.15) is 12.7 Å². The zero-order chi connectivity index (χ0) is 29.5. The molecule has 4 aliphatic carbocycles. The minimum atomic E-state index is -1.68. The summed E-state index contributed by atoms with van der Waals surface area (Å²) in [4.78, 5) is 24.0. The maximum absolute atomic E-state index is 12.7. The Bertz CT molecular complexity index is 1100. The van der Waals surface area contributed by atoms with Gasteiger partial charge in [0, 0.05) is 30.3 Å². The molecule has 1 saturated heterocycles. The van der Waals surface area contributed by atoms with Crippen LogP contribution in [0.25, 0.3) is 0 Å². The Morgan fingerprint density at radius 2 is 1.83 bits per heavy atom. The van der Waals surface area contributed by atoms with Crippen LogP contribution in [0.4, 0.5) is 0 Å². The first-order valence-electron chi connectivity index (χ1n) is 15.4. The van der Waals surface area contributed by atoms with Gasteiger partial charge in [-0.05, 0) is 80.6 Å². The minimum Gasteiger partial charge on any atom is -0.481 e. The smallest absolute Gasteiger partial charge is 0.331 e. The summed E-state index contributed by atoms with van der Waals surface area (Å²) in [5, 5.41) is 54.6. The minimum absolute atomic E-state index is 0.00966. The molecular weight excluding hydrogens is 532 g/mol. The van der Waals surface area contributed by atoms with Crippen LogP contribution >= 0.6 is 0 Å². The summed E-state index contributed by atoms with van der Waals surface area (Å²) in [6.07, 6.45) is 4.03. The van der Waals surface area contributed by atoms with Crippen molar-refractivity contribution in [1.82, 2.24) is 0 Å². The van der Waals surface area contributed by atoms with Crippen LogP contribution in [0, 0.1) is 34.5 Å². The second-order valence-electron chi connectivity index (χ2n) is 14.6. The van der Waals surface area contributed by atoms with Crippen LogP contribution in [0.3, 0.4) is 0 Å². The van der Waals surface area contributed by atoms with Gasteiger partial charge in [-0.3, -0.25) is 4.79 Å². The van der Waals surface area contributed by atoms with Gasteiger partial charge in [0.2, 0.25) is 0 Å². The zero-order valence-electron chi connectivity index (χ0n) is 24.3. The summed E-state index contributed by atoms with van der Waals surface area (Å²) in [5.74, 6) is -1.79. The number of ether oxygens (including phenoxy) is 3. The third kappa shape index (κ3) is 4.51. The molecule has 0 bridgehead atoms. The van der Waals surface area contributed by atoms with Gasteiger partial charge in [0.25, 0.3) is 0 Å². The number of carboxylic acid groups (broad SMARTS) is 1. The molecule has 5 N–H and O–H groups in total. The Morgan fingerprint density at radius 3 is 2.49 bits per heavy atom. The first kappa shape index (κ1) is 29.5. The van der Waals surface area contributed by atoms with Crippen molar-refractivity contribution < 1.29 is 49.3 Å². The summed E-state index contributed by atoms with van der Waals surface area (Å²) in [5.41, 5.74) is -3.19. The fraction of sp³-hybridized carbons (Fsp3) is 0.871. The van der Waals surface area contributed by atoms with Gasteiger partial charge in [-0.1, -0.05) is 13.8 Å². The molecule has 5 fully saturated rings. The summed E-state index contributed by atoms with van der Waals surface area (Å²) in [7, 11) is 0. The molecule has 1 unspecified atom stereocenters. The molecule has 0 radical (unpaired) electrons. The fourth-order valence-electron chi connectivity index (χ4n) is 10.6. The van der Waals surface area contributed by atoms with Crippen LogP contribution in [0.5, 0.6) is 0 Å². The fourth-order valence-corrected chi connectivity index (χ4v) is 10.6. The molecule has 10 nitrogen and oxygen atoms in total. The molecule has 13 atom stereocenters. The van der Waals surface area contributed by atoms with E-state index in [1.165, 1.54) is 6.08 Å². The Labute approximate surface area is 241 Å². The molecule has 2 heterocycles. The lowest BCUT2D eigenvalue weighted by atomic mass is 9.43. The quantitative estimate of drug-likeness (QED) is 0.242. The van der Waals surface area contributed by atoms with Crippen LogP contribution < -0.4 is 0 Å². The van der Waals surface area contributed by atoms with Gasteiger partial charge in [-0.2, -0.15) is 0 Å². The van der Waals surface area contributed by atoms with E-state index >= 15 is 0 Å². The van der Waals surface area contributed by atoms with Crippen molar-refractivity contribution >= 4 is 11.9 Å². The largest absolute Gasteiger partial charge is 0.481 e. The van der Waals surface area contributed by atoms with Crippen LogP contribution in [-0.4, -0.2) is 86.0 Å². The summed E-state index contributed by atoms with van der Waals surface area (Å²) >= 11 is 0. The highest BCUT2D eigenvalue weighted by atomic mass is 16.7. The summed E-state index contributed by atoms with van der Waals surface area (Å²) < 4.78 is 17.3. The van der Waals surface area contributed by atoms with Gasteiger partial charge >= 0.3 is 11.9 Å². The van der Waals surface area contributed by atoms with Gasteiger partial charge in [-0.15, -0.1) is 0 Å². The maximum Gasteiger partial charge on any atom is 0.331 e. The SMILES string of the molecule is C[C@H]1O[C@H](O[C@H]2CC[C@@]3(C)[C@H](CC[C@@H]4[C@@H]3CC[C@]3(C)[C@@H](C5=CC(=O)OC5)[C@@](O)(CC(=O)O)CC43O)C2)C[C@H](O)[C@@H]1O. The number of aliphatic hydroxyl groups is 4. The highest BCUT2D eigenvalue weighted by Gasteiger charge is 2.74. The Hall–Kier alpha value is -1.56. The van der Waals surface area contributed by atoms with Crippen LogP contribution in [0.15, 0.2) is 11.6 Å². The lowest BCUT2D eigenvalue weighted by Crippen LogP contribution is -2.62. The Kier molecular flexibility index (Phi) is 7.19. The molecule has 230 valence electrons. The zero-order valence-corrected chi connectivity index (χ0v) is 24.3. The number of carbonyl (C=O) groups excluding carboxylic acids is 1. The van der Waals surface area contributed by atoms with Crippen LogP contribution in [0.2, 0.25) is 0 Å². The number of rotatable bonds is 5. The number of hydrogen-bond acceptors (Lipinski definition) is 9. The molecule has 41 heavy (non-hydrogen) atoms. The predicted octanol–water partition coefficient (Wildman–Crippen LogP) is 2.30. The monoisotopic (exact) mass is 578 g/mol. The molecule has 6 rings (SSSR count). The number of carboxylic acids is 1. The molecule has 0 aromatic carbocycles. The van der Waals surface area contributed by atoms with E-state index in [-0.39, 0.29) is 42.8 Å². The number of aliphatic hydroxyl groups excluding tert-OH is 2. The standard InChI is InChI=1S/C31H46O10/c1-16-26(36)22(32)12-25(40-16)41-19-6-8-28(2)18(11-19)4-5-21-20(28)7-9-29(3)27(17-10-24(35)39-14-17)30(37,13-23(33)34)15-31(21,29)38/h10,16,18-22,25-27,32,36-38H,4-9,11-15H2,1-3H3,(H,33,34)/t16-,18-,19+,20+,21-,22+,25-,26-,27-,28+,29-,30-,31?/m1/s1. The van der Waals surface area contributed by atoms with E-state index in [0.717, 1.165) is 38.5 Å². The molecule has 0 spiro atoms. The van der Waals surface area contributed by atoms with Crippen molar-refractivity contribution in [3.05, 3.63) is 11.6 Å². The van der Waals surface area contributed by atoms with Crippen molar-refractivity contribution in [2.24, 2.45) is 34.5 Å². The molecule has 0 aromatic rings. The first-order chi connectivity index (χ1) is 19.2. The number of carbonyl (C=O) groups is 2. The summed E-state index contributed by atoms with van der Waals surface area (Å²) in [6.45, 7) is 6.07. The molecule has 0 amide bonds. The van der Waals surface area contributed by atoms with E-state index in [2.05, 4.69) is 6.92 Å². The van der Waals surface area contributed by atoms with E-state index in [0.29, 0.717) is 17.9 Å². The molecule has 0 aromatic heterocycles. The van der Waals surface area contributed by atoms with Crippen LogP contribution in [0.1, 0.15) is 85.0 Å². The van der Waals surface area contributed by atoms with Gasteiger partial charge in [-0.25, -0.2) is 4.79 Å². The van der Waals surface area contributed by atoms with E-state index in [1.807, 2.05) is 6.92 Å². The number of cyclic esters (lactones) is 1. The van der Waals surface area contributed by atoms with E-state index in [9.17, 15) is 35.1 Å². The highest BCUT2D eigenvalue weighted by Crippen LogP contribution is 2.72. The number of esters is 1. The Balaban J connectivity index is 1.23. The highest BCUT2D eigenvalue weighted by molar-refractivity contribution is 5.85. The number of fused-ring (bicyclic) bond motifs is 5. The van der Waals surface area contributed by atoms with Crippen molar-refractivity contribution in [3.63, 3.8) is 0 Å². The van der Waals surface area contributed by atoms with E-state index in [1.54, 1.807) is 6.92 Å². The second-order valence-corrected chi connectivity index (χ2v) is 14.6. The van der Waals surface area contributed by atoms with Crippen molar-refractivity contribution in [2.75, 3.05) is 6.61 Å². The molecule has 4 saturated carbocycles. The number of aliphatic carboxylic acids is 1. The summed E-state index contributed by atoms with van der Waals surface area (Å²) in [6, 6.07) is 0. The van der Waals surface area contributed by atoms with E-state index in [4.69, 9.17) is 14.2 Å². The van der Waals surface area contributed by atoms with Gasteiger partial charge in [0.05, 0.1) is 35.9 Å². The first-order valence-corrected chi connectivity index (χ1v) is 15.4. The third-order valence-corrected chi connectivity index (χ3v) is 12.5. The van der Waals surface area contributed by atoms with E-state index < -0.39 is 65.5 Å². The lowest BCUT2D eigenvalue weighted by Gasteiger charge is -2.63. The van der Waals surface area contributed by atoms with Crippen LogP contribution in [-0.2, 0) is 23.8 Å². The normalized spacial score (nSPS) is 53.1. The second kappa shape index (κ2) is 9.99. The van der Waals surface area contributed by atoms with Crippen molar-refractivity contribution in [3.8, 4) is 0 Å². The predicted molar refractivity (Wildman–Crippen MR) is 144 cm³/mol. The average molecular weight is 579 g/mol. The van der Waals surface area contributed by atoms with Gasteiger partial charge in [0.15, 0.2) is 6.29 Å². The average Bonchev–Trinajstić information content (AvgIpc) is 3.36. The van der Waals surface area contributed by atoms with Gasteiger partial charge < -0.3 is 39.7 Å². The Morgan fingerprint density at radius 1 is 1.07 bits per heavy atom. The van der Waals surface area contributed by atoms with Crippen molar-refractivity contribution in [1.29, 1.82) is 0 Å². The maximum atomic E-state index is 12.7. The molecule has 2 aliphatic heterocycles. The number of hydrogen-bond donors (Lipinski definition) is 5. The molecular formula is C31H46O10. The lowest BCUT2D eigenvalue weighted by molar-refractivity contribution is -0.270.